The average Bonchev–Trinajstić information content (AvgIpc) is 3.24. The van der Waals surface area contributed by atoms with Crippen LogP contribution in [0.4, 0.5) is 0 Å². The lowest BCUT2D eigenvalue weighted by Crippen LogP contribution is -2.65. The molecule has 1 heterocycles. The number of hydrogen-bond acceptors (Lipinski definition) is 4. The highest BCUT2D eigenvalue weighted by atomic mass is 16.5. The van der Waals surface area contributed by atoms with E-state index < -0.39 is 0 Å². The number of allylic oxidation sites excluding steroid dienone is 2. The molecule has 1 aromatic heterocycles. The number of nitrogens with two attached hydrogens (primary N) is 1. The van der Waals surface area contributed by atoms with Gasteiger partial charge in [-0.15, -0.1) is 0 Å². The summed E-state index contributed by atoms with van der Waals surface area (Å²) < 4.78 is 5.81. The normalized spacial score (nSPS) is 47.5. The number of ketones is 1. The van der Waals surface area contributed by atoms with Gasteiger partial charge in [-0.25, -0.2) is 0 Å². The van der Waals surface area contributed by atoms with Crippen molar-refractivity contribution < 1.29 is 9.32 Å². The molecular formula is C31H46N2O2. The second-order valence-electron chi connectivity index (χ2n) is 15.3. The van der Waals surface area contributed by atoms with Gasteiger partial charge in [0.2, 0.25) is 0 Å². The Kier molecular flexibility index (Phi) is 4.73. The minimum absolute atomic E-state index is 0.0159. The van der Waals surface area contributed by atoms with E-state index in [1.165, 1.54) is 36.8 Å². The molecule has 192 valence electrons. The van der Waals surface area contributed by atoms with Crippen LogP contribution in [0, 0.1) is 44.8 Å². The van der Waals surface area contributed by atoms with Crippen LogP contribution in [-0.4, -0.2) is 17.5 Å². The monoisotopic (exact) mass is 478 g/mol. The lowest BCUT2D eigenvalue weighted by atomic mass is 9.34. The van der Waals surface area contributed by atoms with Crippen molar-refractivity contribution in [2.75, 3.05) is 6.54 Å². The summed E-state index contributed by atoms with van der Waals surface area (Å²) in [4.78, 5) is 14.4. The molecule has 0 saturated heterocycles. The third kappa shape index (κ3) is 2.79. The largest absolute Gasteiger partial charge is 0.361 e. The molecule has 2 N–H and O–H groups in total. The third-order valence-electron chi connectivity index (χ3n) is 12.9. The van der Waals surface area contributed by atoms with Crippen LogP contribution in [0.1, 0.15) is 105 Å². The van der Waals surface area contributed by atoms with Crippen molar-refractivity contribution in [2.45, 2.75) is 105 Å². The highest BCUT2D eigenvalue weighted by molar-refractivity contribution is 5.95. The van der Waals surface area contributed by atoms with E-state index in [1.54, 1.807) is 0 Å². The minimum Gasteiger partial charge on any atom is -0.361 e. The summed E-state index contributed by atoms with van der Waals surface area (Å²) in [5.74, 6) is 2.40. The van der Waals surface area contributed by atoms with Gasteiger partial charge in [-0.05, 0) is 103 Å². The molecule has 5 aliphatic rings. The van der Waals surface area contributed by atoms with Gasteiger partial charge in [0.15, 0.2) is 5.78 Å². The molecule has 1 aromatic rings. The predicted octanol–water partition coefficient (Wildman–Crippen LogP) is 6.63. The molecule has 3 fully saturated rings. The van der Waals surface area contributed by atoms with Crippen molar-refractivity contribution in [3.8, 4) is 0 Å². The summed E-state index contributed by atoms with van der Waals surface area (Å²) in [5, 5.41) is 4.21. The number of aromatic nitrogens is 1. The van der Waals surface area contributed by atoms with Crippen LogP contribution in [0.25, 0.3) is 0 Å². The van der Waals surface area contributed by atoms with Gasteiger partial charge in [-0.1, -0.05) is 59.2 Å². The van der Waals surface area contributed by atoms with Gasteiger partial charge in [0.25, 0.3) is 0 Å². The first-order valence-electron chi connectivity index (χ1n) is 14.1. The maximum atomic E-state index is 14.4. The average molecular weight is 479 g/mol. The molecule has 3 saturated carbocycles. The zero-order valence-corrected chi connectivity index (χ0v) is 23.1. The Morgan fingerprint density at radius 3 is 2.46 bits per heavy atom. The molecule has 4 nitrogen and oxygen atoms in total. The molecule has 7 atom stereocenters. The van der Waals surface area contributed by atoms with E-state index in [2.05, 4.69) is 59.7 Å². The second kappa shape index (κ2) is 6.91. The summed E-state index contributed by atoms with van der Waals surface area (Å²) in [7, 11) is 0. The first-order chi connectivity index (χ1) is 16.2. The topological polar surface area (TPSA) is 69.1 Å². The molecule has 4 heteroatoms. The summed E-state index contributed by atoms with van der Waals surface area (Å²) in [6.07, 6.45) is 13.2. The summed E-state index contributed by atoms with van der Waals surface area (Å²) in [5.41, 5.74) is 9.52. The molecule has 0 amide bonds. The van der Waals surface area contributed by atoms with Crippen LogP contribution in [0.15, 0.2) is 22.4 Å². The Balaban J connectivity index is 1.50. The molecule has 6 rings (SSSR count). The standard InChI is InChI=1S/C31H46N2O2/c1-26(2)10-12-31(18-32)13-11-30(7)24(20(31)16-26)21(34)14-23-28(5)15-19-17-33-35-25(19)27(3,4)22(28)8-9-29(23,30)6/h14,17,20,22,24H,8-13,15-16,18,32H2,1-7H3/t20-,22-,24-,28-,29?,30+,31+/m0/s1. The molecule has 0 spiro atoms. The number of hydrogen-bond donors (Lipinski definition) is 1. The van der Waals surface area contributed by atoms with Crippen LogP contribution in [0.2, 0.25) is 0 Å². The van der Waals surface area contributed by atoms with Crippen molar-refractivity contribution >= 4 is 5.78 Å². The Hall–Kier alpha value is -1.42. The predicted molar refractivity (Wildman–Crippen MR) is 139 cm³/mol. The molecule has 0 aromatic carbocycles. The van der Waals surface area contributed by atoms with E-state index in [0.29, 0.717) is 17.6 Å². The fraction of sp³-hybridized carbons (Fsp3) is 0.806. The molecule has 1 unspecified atom stereocenters. The smallest absolute Gasteiger partial charge is 0.159 e. The third-order valence-corrected chi connectivity index (χ3v) is 12.9. The molecule has 0 aliphatic heterocycles. The number of fused-ring (bicyclic) bond motifs is 8. The van der Waals surface area contributed by atoms with E-state index in [9.17, 15) is 4.79 Å². The van der Waals surface area contributed by atoms with Crippen molar-refractivity contribution in [1.82, 2.24) is 5.16 Å². The fourth-order valence-corrected chi connectivity index (χ4v) is 10.8. The summed E-state index contributed by atoms with van der Waals surface area (Å²) >= 11 is 0. The molecule has 5 aliphatic carbocycles. The summed E-state index contributed by atoms with van der Waals surface area (Å²) in [6, 6.07) is 0. The zero-order chi connectivity index (χ0) is 25.2. The maximum Gasteiger partial charge on any atom is 0.159 e. The number of carbonyl (C=O) groups excluding carboxylic acids is 1. The van der Waals surface area contributed by atoms with Crippen LogP contribution in [0.5, 0.6) is 0 Å². The van der Waals surface area contributed by atoms with Gasteiger partial charge in [-0.2, -0.15) is 0 Å². The van der Waals surface area contributed by atoms with E-state index in [-0.39, 0.29) is 38.4 Å². The van der Waals surface area contributed by atoms with Gasteiger partial charge in [0.1, 0.15) is 5.76 Å². The SMILES string of the molecule is CC1(C)CC[C@]2(CN)CC[C@]3(C)[C@H](C(=O)C=C4C3(C)CC[C@H]3C(C)(C)c5oncc5C[C@]43C)[C@@H]2C1. The maximum absolute atomic E-state index is 14.4. The van der Waals surface area contributed by atoms with E-state index in [1.807, 2.05) is 6.20 Å². The van der Waals surface area contributed by atoms with Crippen LogP contribution < -0.4 is 5.73 Å². The van der Waals surface area contributed by atoms with Crippen molar-refractivity contribution in [2.24, 2.45) is 50.6 Å². The Morgan fingerprint density at radius 1 is 1.03 bits per heavy atom. The quantitative estimate of drug-likeness (QED) is 0.492. The highest BCUT2D eigenvalue weighted by Gasteiger charge is 2.69. The lowest BCUT2D eigenvalue weighted by Gasteiger charge is -2.69. The first-order valence-corrected chi connectivity index (χ1v) is 14.1. The Bertz CT molecular complexity index is 1110. The number of nitrogens with zero attached hydrogens (tertiary/aromatic N) is 1. The van der Waals surface area contributed by atoms with Crippen molar-refractivity contribution in [3.63, 3.8) is 0 Å². The van der Waals surface area contributed by atoms with E-state index in [4.69, 9.17) is 10.3 Å². The van der Waals surface area contributed by atoms with Crippen molar-refractivity contribution in [3.05, 3.63) is 29.2 Å². The Labute approximate surface area is 211 Å². The molecular weight excluding hydrogens is 432 g/mol. The molecule has 0 radical (unpaired) electrons. The minimum atomic E-state index is -0.0868. The van der Waals surface area contributed by atoms with Crippen LogP contribution in [0.3, 0.4) is 0 Å². The Morgan fingerprint density at radius 2 is 1.74 bits per heavy atom. The van der Waals surface area contributed by atoms with E-state index in [0.717, 1.165) is 38.0 Å². The van der Waals surface area contributed by atoms with Gasteiger partial charge < -0.3 is 10.3 Å². The van der Waals surface area contributed by atoms with Gasteiger partial charge in [-0.3, -0.25) is 4.79 Å². The first kappa shape index (κ1) is 23.9. The number of rotatable bonds is 1. The van der Waals surface area contributed by atoms with Crippen molar-refractivity contribution in [1.29, 1.82) is 0 Å². The van der Waals surface area contributed by atoms with Crippen LogP contribution >= 0.6 is 0 Å². The lowest BCUT2D eigenvalue weighted by molar-refractivity contribution is -0.170. The summed E-state index contributed by atoms with van der Waals surface area (Å²) in [6.45, 7) is 17.7. The highest BCUT2D eigenvalue weighted by Crippen LogP contribution is 2.74. The number of carbonyl (C=O) groups is 1. The van der Waals surface area contributed by atoms with Crippen LogP contribution in [-0.2, 0) is 16.6 Å². The zero-order valence-electron chi connectivity index (χ0n) is 23.1. The van der Waals surface area contributed by atoms with Gasteiger partial charge in [0, 0.05) is 16.9 Å². The van der Waals surface area contributed by atoms with Gasteiger partial charge >= 0.3 is 0 Å². The van der Waals surface area contributed by atoms with E-state index >= 15 is 0 Å². The fourth-order valence-electron chi connectivity index (χ4n) is 10.8. The molecule has 35 heavy (non-hydrogen) atoms. The molecule has 0 bridgehead atoms. The second-order valence-corrected chi connectivity index (χ2v) is 15.3. The van der Waals surface area contributed by atoms with Gasteiger partial charge in [0.05, 0.1) is 6.20 Å².